The summed E-state index contributed by atoms with van der Waals surface area (Å²) in [6.07, 6.45) is 3.59. The van der Waals surface area contributed by atoms with Crippen LogP contribution in [-0.2, 0) is 17.6 Å². The zero-order valence-corrected chi connectivity index (χ0v) is 15.2. The van der Waals surface area contributed by atoms with Crippen LogP contribution in [0.15, 0.2) is 53.1 Å². The Morgan fingerprint density at radius 3 is 2.85 bits per heavy atom. The topological polar surface area (TPSA) is 46.3 Å². The van der Waals surface area contributed by atoms with Gasteiger partial charge in [0.1, 0.15) is 0 Å². The monoisotopic (exact) mass is 346 g/mol. The fraction of sp³-hybridized carbons (Fsp3) is 0.273. The van der Waals surface area contributed by atoms with Gasteiger partial charge in [0.25, 0.3) is 0 Å². The predicted octanol–water partition coefficient (Wildman–Crippen LogP) is 4.48. The molecule has 4 nitrogen and oxygen atoms in total. The van der Waals surface area contributed by atoms with E-state index in [0.717, 1.165) is 30.0 Å². The Balaban J connectivity index is 1.42. The second kappa shape index (κ2) is 6.79. The number of nitrogens with zero attached hydrogens (tertiary/aromatic N) is 2. The molecule has 132 valence electrons. The molecule has 0 saturated carbocycles. The molecule has 1 aliphatic rings. The third-order valence-electron chi connectivity index (χ3n) is 5.09. The van der Waals surface area contributed by atoms with Crippen LogP contribution >= 0.6 is 0 Å². The van der Waals surface area contributed by atoms with E-state index in [1.54, 1.807) is 6.20 Å². The number of amides is 1. The molecule has 0 fully saturated rings. The summed E-state index contributed by atoms with van der Waals surface area (Å²) in [6, 6.07) is 14.3. The number of anilines is 1. The number of carbonyl (C=O) groups excluding carboxylic acids is 1. The third kappa shape index (κ3) is 3.15. The van der Waals surface area contributed by atoms with Gasteiger partial charge in [-0.3, -0.25) is 4.79 Å². The molecule has 0 radical (unpaired) electrons. The summed E-state index contributed by atoms with van der Waals surface area (Å²) in [5, 5.41) is 0. The Bertz CT molecular complexity index is 958. The molecular weight excluding hydrogens is 324 g/mol. The highest BCUT2D eigenvalue weighted by Crippen LogP contribution is 2.28. The first kappa shape index (κ1) is 16.6. The van der Waals surface area contributed by atoms with Gasteiger partial charge in [-0.2, -0.15) is 0 Å². The number of fused-ring (bicyclic) bond motifs is 1. The van der Waals surface area contributed by atoms with Crippen LogP contribution < -0.4 is 4.90 Å². The van der Waals surface area contributed by atoms with E-state index < -0.39 is 0 Å². The van der Waals surface area contributed by atoms with Crippen molar-refractivity contribution in [2.75, 3.05) is 11.4 Å². The maximum Gasteiger partial charge on any atom is 0.227 e. The summed E-state index contributed by atoms with van der Waals surface area (Å²) >= 11 is 0. The minimum atomic E-state index is 0.126. The van der Waals surface area contributed by atoms with Crippen molar-refractivity contribution >= 4 is 11.6 Å². The standard InChI is InChI=1S/C22H22N2O2/c1-15-7-8-18(13-16(15)2)20-14-23-21(26-20)9-10-22(25)24-12-11-17-5-3-4-6-19(17)24/h3-8,13-14H,9-12H2,1-2H3. The maximum absolute atomic E-state index is 12.6. The van der Waals surface area contributed by atoms with Crippen LogP contribution in [0.1, 0.15) is 29.0 Å². The average Bonchev–Trinajstić information content (AvgIpc) is 3.29. The number of carbonyl (C=O) groups is 1. The summed E-state index contributed by atoms with van der Waals surface area (Å²) in [5.74, 6) is 1.49. The van der Waals surface area contributed by atoms with Crippen molar-refractivity contribution in [1.29, 1.82) is 0 Å². The number of benzene rings is 2. The highest BCUT2D eigenvalue weighted by molar-refractivity contribution is 5.95. The molecule has 0 N–H and O–H groups in total. The van der Waals surface area contributed by atoms with Crippen molar-refractivity contribution in [2.24, 2.45) is 0 Å². The van der Waals surface area contributed by atoms with Gasteiger partial charge in [0.05, 0.1) is 6.20 Å². The van der Waals surface area contributed by atoms with Gasteiger partial charge in [-0.15, -0.1) is 0 Å². The molecule has 0 aliphatic carbocycles. The first-order valence-corrected chi connectivity index (χ1v) is 9.02. The van der Waals surface area contributed by atoms with Gasteiger partial charge in [0.2, 0.25) is 5.91 Å². The van der Waals surface area contributed by atoms with Crippen molar-refractivity contribution < 1.29 is 9.21 Å². The van der Waals surface area contributed by atoms with E-state index in [0.29, 0.717) is 18.7 Å². The molecule has 3 aromatic rings. The van der Waals surface area contributed by atoms with Crippen LogP contribution in [0.3, 0.4) is 0 Å². The van der Waals surface area contributed by atoms with Crippen LogP contribution in [0, 0.1) is 13.8 Å². The summed E-state index contributed by atoms with van der Waals surface area (Å²) in [7, 11) is 0. The van der Waals surface area contributed by atoms with Gasteiger partial charge in [0.15, 0.2) is 11.7 Å². The van der Waals surface area contributed by atoms with Crippen molar-refractivity contribution in [1.82, 2.24) is 4.98 Å². The lowest BCUT2D eigenvalue weighted by molar-refractivity contribution is -0.118. The van der Waals surface area contributed by atoms with Crippen LogP contribution in [-0.4, -0.2) is 17.4 Å². The van der Waals surface area contributed by atoms with Crippen LogP contribution in [0.4, 0.5) is 5.69 Å². The molecule has 0 saturated heterocycles. The van der Waals surface area contributed by atoms with Crippen molar-refractivity contribution in [2.45, 2.75) is 33.1 Å². The molecule has 4 rings (SSSR count). The molecule has 1 aliphatic heterocycles. The lowest BCUT2D eigenvalue weighted by Crippen LogP contribution is -2.29. The minimum Gasteiger partial charge on any atom is -0.441 e. The minimum absolute atomic E-state index is 0.126. The van der Waals surface area contributed by atoms with Crippen LogP contribution in [0.25, 0.3) is 11.3 Å². The molecule has 0 spiro atoms. The second-order valence-corrected chi connectivity index (χ2v) is 6.84. The zero-order chi connectivity index (χ0) is 18.1. The van der Waals surface area contributed by atoms with E-state index >= 15 is 0 Å². The van der Waals surface area contributed by atoms with Crippen molar-refractivity contribution in [3.63, 3.8) is 0 Å². The van der Waals surface area contributed by atoms with Gasteiger partial charge < -0.3 is 9.32 Å². The molecule has 0 bridgehead atoms. The molecule has 1 aromatic heterocycles. The van der Waals surface area contributed by atoms with E-state index in [9.17, 15) is 4.79 Å². The van der Waals surface area contributed by atoms with E-state index in [2.05, 4.69) is 37.0 Å². The lowest BCUT2D eigenvalue weighted by atomic mass is 10.1. The van der Waals surface area contributed by atoms with Crippen LogP contribution in [0.5, 0.6) is 0 Å². The Kier molecular flexibility index (Phi) is 4.33. The summed E-state index contributed by atoms with van der Waals surface area (Å²) in [4.78, 5) is 18.8. The van der Waals surface area contributed by atoms with Gasteiger partial charge >= 0.3 is 0 Å². The Morgan fingerprint density at radius 2 is 2.00 bits per heavy atom. The number of para-hydroxylation sites is 1. The Morgan fingerprint density at radius 1 is 1.15 bits per heavy atom. The largest absolute Gasteiger partial charge is 0.441 e. The molecule has 2 heterocycles. The van der Waals surface area contributed by atoms with Gasteiger partial charge in [-0.05, 0) is 49.1 Å². The number of oxazole rings is 1. The predicted molar refractivity (Wildman–Crippen MR) is 102 cm³/mol. The lowest BCUT2D eigenvalue weighted by Gasteiger charge is -2.16. The highest BCUT2D eigenvalue weighted by atomic mass is 16.4. The fourth-order valence-corrected chi connectivity index (χ4v) is 3.40. The SMILES string of the molecule is Cc1ccc(-c2cnc(CCC(=O)N3CCc4ccccc43)o2)cc1C. The molecule has 2 aromatic carbocycles. The summed E-state index contributed by atoms with van der Waals surface area (Å²) < 4.78 is 5.87. The van der Waals surface area contributed by atoms with Crippen molar-refractivity contribution in [3.05, 3.63) is 71.2 Å². The average molecular weight is 346 g/mol. The number of aromatic nitrogens is 1. The molecular formula is C22H22N2O2. The normalized spacial score (nSPS) is 13.1. The van der Waals surface area contributed by atoms with Crippen molar-refractivity contribution in [3.8, 4) is 11.3 Å². The molecule has 1 amide bonds. The first-order valence-electron chi connectivity index (χ1n) is 9.02. The third-order valence-corrected chi connectivity index (χ3v) is 5.09. The molecule has 4 heteroatoms. The number of rotatable bonds is 4. The fourth-order valence-electron chi connectivity index (χ4n) is 3.40. The van der Waals surface area contributed by atoms with E-state index in [1.165, 1.54) is 16.7 Å². The maximum atomic E-state index is 12.6. The van der Waals surface area contributed by atoms with Gasteiger partial charge in [-0.25, -0.2) is 4.98 Å². The number of aryl methyl sites for hydroxylation is 3. The highest BCUT2D eigenvalue weighted by Gasteiger charge is 2.24. The Hall–Kier alpha value is -2.88. The zero-order valence-electron chi connectivity index (χ0n) is 15.2. The molecule has 0 unspecified atom stereocenters. The summed E-state index contributed by atoms with van der Waals surface area (Å²) in [6.45, 7) is 4.94. The molecule has 0 atom stereocenters. The molecule has 26 heavy (non-hydrogen) atoms. The van der Waals surface area contributed by atoms with Crippen LogP contribution in [0.2, 0.25) is 0 Å². The summed E-state index contributed by atoms with van der Waals surface area (Å²) in [5.41, 5.74) is 5.79. The van der Waals surface area contributed by atoms with Gasteiger partial charge in [-0.1, -0.05) is 30.3 Å². The van der Waals surface area contributed by atoms with E-state index in [1.807, 2.05) is 29.2 Å². The van der Waals surface area contributed by atoms with E-state index in [4.69, 9.17) is 4.42 Å². The quantitative estimate of drug-likeness (QED) is 0.700. The number of hydrogen-bond donors (Lipinski definition) is 0. The second-order valence-electron chi connectivity index (χ2n) is 6.84. The first-order chi connectivity index (χ1) is 12.6. The Labute approximate surface area is 153 Å². The van der Waals surface area contributed by atoms with E-state index in [-0.39, 0.29) is 5.91 Å². The smallest absolute Gasteiger partial charge is 0.227 e. The van der Waals surface area contributed by atoms with Gasteiger partial charge in [0, 0.05) is 30.6 Å². The number of hydrogen-bond acceptors (Lipinski definition) is 3.